The van der Waals surface area contributed by atoms with Crippen LogP contribution in [0.15, 0.2) is 64.8 Å². The number of benzene rings is 2. The van der Waals surface area contributed by atoms with Gasteiger partial charge in [-0.3, -0.25) is 19.9 Å². The maximum absolute atomic E-state index is 12.7. The molecule has 0 bridgehead atoms. The molecule has 12 nitrogen and oxygen atoms in total. The highest BCUT2D eigenvalue weighted by atomic mass is 16.6. The van der Waals surface area contributed by atoms with Gasteiger partial charge in [-0.25, -0.2) is 4.79 Å². The molecule has 3 atom stereocenters. The fourth-order valence-electron chi connectivity index (χ4n) is 5.25. The van der Waals surface area contributed by atoms with Gasteiger partial charge in [0, 0.05) is 35.6 Å². The molecule has 226 valence electrons. The lowest BCUT2D eigenvalue weighted by Gasteiger charge is -2.47. The van der Waals surface area contributed by atoms with E-state index in [2.05, 4.69) is 10.3 Å². The van der Waals surface area contributed by atoms with Gasteiger partial charge in [-0.2, -0.15) is 0 Å². The van der Waals surface area contributed by atoms with Gasteiger partial charge >= 0.3 is 11.9 Å². The third-order valence-corrected chi connectivity index (χ3v) is 7.85. The van der Waals surface area contributed by atoms with Gasteiger partial charge in [0.1, 0.15) is 29.6 Å². The van der Waals surface area contributed by atoms with Crippen LogP contribution in [0, 0.1) is 15.5 Å². The van der Waals surface area contributed by atoms with E-state index in [1.807, 2.05) is 30.3 Å². The van der Waals surface area contributed by atoms with Crippen molar-refractivity contribution in [1.82, 2.24) is 5.32 Å². The van der Waals surface area contributed by atoms with Crippen molar-refractivity contribution >= 4 is 23.3 Å². The van der Waals surface area contributed by atoms with Crippen molar-refractivity contribution in [3.63, 3.8) is 0 Å². The van der Waals surface area contributed by atoms with Crippen LogP contribution in [0.1, 0.15) is 46.1 Å². The van der Waals surface area contributed by atoms with Crippen molar-refractivity contribution < 1.29 is 39.3 Å². The Balaban J connectivity index is 1.72. The summed E-state index contributed by atoms with van der Waals surface area (Å²) in [7, 11) is 0. The number of nitrogens with one attached hydrogen (secondary N) is 1. The molecule has 0 amide bonds. The van der Waals surface area contributed by atoms with Crippen molar-refractivity contribution in [2.75, 3.05) is 26.3 Å². The molecule has 4 N–H and O–H groups in total. The molecule has 3 rings (SSSR count). The summed E-state index contributed by atoms with van der Waals surface area (Å²) in [5, 5.41) is 45.5. The molecule has 12 heteroatoms. The zero-order valence-corrected chi connectivity index (χ0v) is 24.1. The fourth-order valence-corrected chi connectivity index (χ4v) is 5.25. The van der Waals surface area contributed by atoms with E-state index < -0.39 is 33.8 Å². The first-order chi connectivity index (χ1) is 19.8. The molecule has 0 saturated carbocycles. The van der Waals surface area contributed by atoms with Gasteiger partial charge in [0.25, 0.3) is 5.69 Å². The molecule has 2 aromatic carbocycles. The number of aliphatic hydroxyl groups is 1. The number of nitrogens with zero attached hydrogens (tertiary/aromatic N) is 2. The number of hydrogen-bond donors (Lipinski definition) is 4. The molecule has 0 saturated heterocycles. The van der Waals surface area contributed by atoms with Crippen molar-refractivity contribution in [3.05, 3.63) is 75.5 Å². The number of allylic oxidation sites excluding steroid dienone is 1. The summed E-state index contributed by atoms with van der Waals surface area (Å²) >= 11 is 0. The van der Waals surface area contributed by atoms with Crippen LogP contribution in [0.2, 0.25) is 0 Å². The summed E-state index contributed by atoms with van der Waals surface area (Å²) in [6.07, 6.45) is 0.536. The summed E-state index contributed by atoms with van der Waals surface area (Å²) < 4.78 is 11.5. The standard InChI is InChI=1S/C30H37N3O9/c1-19-26(27(35)36)30(4,29(3,28(37)38)20(2)32-19)24-16-21(33(39)40)12-13-25(24)41-15-9-8-14-31-17-22(34)18-42-23-10-6-5-7-11-23/h5-7,10-13,16,22,31,34H,8-9,14-15,17-18H2,1-4H3,(H,35,36)(H,37,38)/t22-,29?,30?/m0/s1. The molecule has 0 radical (unpaired) electrons. The lowest BCUT2D eigenvalue weighted by atomic mass is 9.54. The first-order valence-electron chi connectivity index (χ1n) is 13.6. The van der Waals surface area contributed by atoms with Crippen LogP contribution in [-0.2, 0) is 15.0 Å². The number of carboxylic acid groups (broad SMARTS) is 2. The predicted octanol–water partition coefficient (Wildman–Crippen LogP) is 3.97. The molecule has 0 fully saturated rings. The average molecular weight is 584 g/mol. The van der Waals surface area contributed by atoms with Gasteiger partial charge < -0.3 is 30.1 Å². The van der Waals surface area contributed by atoms with Crippen LogP contribution in [0.3, 0.4) is 0 Å². The second kappa shape index (κ2) is 13.6. The van der Waals surface area contributed by atoms with E-state index >= 15 is 0 Å². The van der Waals surface area contributed by atoms with E-state index in [1.165, 1.54) is 45.9 Å². The van der Waals surface area contributed by atoms with Crippen LogP contribution in [-0.4, -0.2) is 70.3 Å². The Kier molecular flexibility index (Phi) is 10.4. The SMILES string of the molecule is CC1=NC(C)=C(C(=O)O)C(C)(c2cc([N+](=O)[O-])ccc2OCCCCNC[C@H](O)COc2ccccc2)C1(C)C(=O)O. The van der Waals surface area contributed by atoms with Gasteiger partial charge in [0.05, 0.1) is 22.5 Å². The predicted molar refractivity (Wildman–Crippen MR) is 155 cm³/mol. The Bertz CT molecular complexity index is 1380. The number of aliphatic hydroxyl groups excluding tert-OH is 1. The number of aliphatic imine (C=N–C) groups is 1. The summed E-state index contributed by atoms with van der Waals surface area (Å²) in [6.45, 7) is 7.04. The van der Waals surface area contributed by atoms with Crippen LogP contribution in [0.5, 0.6) is 11.5 Å². The summed E-state index contributed by atoms with van der Waals surface area (Å²) in [6, 6.07) is 13.0. The molecule has 2 unspecified atom stereocenters. The normalized spacial score (nSPS) is 20.9. The first-order valence-corrected chi connectivity index (χ1v) is 13.6. The Morgan fingerprint density at radius 1 is 1.07 bits per heavy atom. The van der Waals surface area contributed by atoms with Crippen molar-refractivity contribution in [2.45, 2.75) is 52.1 Å². The van der Waals surface area contributed by atoms with E-state index in [0.29, 0.717) is 31.7 Å². The molecule has 1 heterocycles. The monoisotopic (exact) mass is 583 g/mol. The van der Waals surface area contributed by atoms with Gasteiger partial charge in [-0.1, -0.05) is 18.2 Å². The number of nitro groups is 1. The fraction of sp³-hybridized carbons (Fsp3) is 0.433. The van der Waals surface area contributed by atoms with Crippen LogP contribution >= 0.6 is 0 Å². The molecule has 0 aromatic heterocycles. The van der Waals surface area contributed by atoms with Gasteiger partial charge in [-0.15, -0.1) is 0 Å². The first kappa shape index (κ1) is 32.2. The number of rotatable bonds is 15. The number of aliphatic carboxylic acids is 2. The maximum Gasteiger partial charge on any atom is 0.334 e. The van der Waals surface area contributed by atoms with Gasteiger partial charge in [0.2, 0.25) is 0 Å². The minimum atomic E-state index is -1.84. The third kappa shape index (κ3) is 6.60. The zero-order chi connectivity index (χ0) is 31.1. The Hall–Kier alpha value is -4.29. The van der Waals surface area contributed by atoms with Crippen LogP contribution in [0.25, 0.3) is 0 Å². The van der Waals surface area contributed by atoms with Crippen LogP contribution in [0.4, 0.5) is 5.69 Å². The van der Waals surface area contributed by atoms with Crippen molar-refractivity contribution in [2.24, 2.45) is 10.4 Å². The molecular weight excluding hydrogens is 546 g/mol. The quantitative estimate of drug-likeness (QED) is 0.136. The Morgan fingerprint density at radius 2 is 1.76 bits per heavy atom. The number of carbonyl (C=O) groups is 2. The number of nitro benzene ring substituents is 1. The second-order valence-corrected chi connectivity index (χ2v) is 10.5. The van der Waals surface area contributed by atoms with Gasteiger partial charge in [-0.05, 0) is 65.3 Å². The largest absolute Gasteiger partial charge is 0.493 e. The molecule has 0 spiro atoms. The summed E-state index contributed by atoms with van der Waals surface area (Å²) in [5.41, 5.74) is -3.85. The van der Waals surface area contributed by atoms with E-state index in [1.54, 1.807) is 0 Å². The molecule has 1 aliphatic rings. The lowest BCUT2D eigenvalue weighted by Crippen LogP contribution is -2.56. The highest BCUT2D eigenvalue weighted by Crippen LogP contribution is 2.55. The number of ether oxygens (including phenoxy) is 2. The maximum atomic E-state index is 12.7. The number of carboxylic acids is 2. The summed E-state index contributed by atoms with van der Waals surface area (Å²) in [4.78, 5) is 40.5. The molecule has 1 aliphatic heterocycles. The van der Waals surface area contributed by atoms with Crippen molar-refractivity contribution in [3.8, 4) is 11.5 Å². The topological polar surface area (TPSA) is 181 Å². The smallest absolute Gasteiger partial charge is 0.334 e. The summed E-state index contributed by atoms with van der Waals surface area (Å²) in [5.74, 6) is -1.87. The Morgan fingerprint density at radius 3 is 2.38 bits per heavy atom. The molecule has 2 aromatic rings. The van der Waals surface area contributed by atoms with Crippen LogP contribution < -0.4 is 14.8 Å². The minimum Gasteiger partial charge on any atom is -0.493 e. The second-order valence-electron chi connectivity index (χ2n) is 10.5. The minimum absolute atomic E-state index is 0.0762. The average Bonchev–Trinajstić information content (AvgIpc) is 2.94. The number of non-ortho nitro benzene ring substituents is 1. The molecule has 42 heavy (non-hydrogen) atoms. The lowest BCUT2D eigenvalue weighted by molar-refractivity contribution is -0.385. The number of unbranched alkanes of at least 4 members (excludes halogenated alkanes) is 1. The van der Waals surface area contributed by atoms with E-state index in [-0.39, 0.29) is 47.2 Å². The third-order valence-electron chi connectivity index (χ3n) is 7.85. The van der Waals surface area contributed by atoms with Gasteiger partial charge in [0.15, 0.2) is 0 Å². The van der Waals surface area contributed by atoms with E-state index in [9.17, 15) is 35.0 Å². The Labute approximate surface area is 243 Å². The number of hydrogen-bond acceptors (Lipinski definition) is 9. The van der Waals surface area contributed by atoms with Crippen molar-refractivity contribution in [1.29, 1.82) is 0 Å². The molecule has 0 aliphatic carbocycles. The molecular formula is C30H37N3O9. The highest BCUT2D eigenvalue weighted by Gasteiger charge is 2.60. The number of para-hydroxylation sites is 1. The zero-order valence-electron chi connectivity index (χ0n) is 24.1. The highest BCUT2D eigenvalue weighted by molar-refractivity contribution is 6.11. The van der Waals surface area contributed by atoms with E-state index in [0.717, 1.165) is 0 Å². The van der Waals surface area contributed by atoms with E-state index in [4.69, 9.17) is 9.47 Å².